The molecule has 0 N–H and O–H groups in total. The number of rotatable bonds is 7. The molecular formula is C22H34N2O3. The number of nitrogens with zero attached hydrogens (tertiary/aromatic N) is 2. The van der Waals surface area contributed by atoms with E-state index in [9.17, 15) is 4.79 Å². The number of para-hydroxylation sites is 1. The monoisotopic (exact) mass is 374 g/mol. The number of aryl methyl sites for hydroxylation is 1. The fraction of sp³-hybridized carbons (Fsp3) is 0.682. The Balaban J connectivity index is 1.42. The summed E-state index contributed by atoms with van der Waals surface area (Å²) in [5.74, 6) is 1.19. The summed E-state index contributed by atoms with van der Waals surface area (Å²) in [5.41, 5.74) is 1.14. The van der Waals surface area contributed by atoms with Crippen LogP contribution < -0.4 is 4.74 Å². The van der Waals surface area contributed by atoms with Gasteiger partial charge in [-0.1, -0.05) is 18.2 Å². The SMILES string of the molecule is Cc1ccccc1OCCCC(=O)N1CCCC1CN1CC(C)OC(C)C1. The van der Waals surface area contributed by atoms with Gasteiger partial charge in [0.25, 0.3) is 0 Å². The van der Waals surface area contributed by atoms with Crippen LogP contribution in [0.1, 0.15) is 45.1 Å². The fourth-order valence-corrected chi connectivity index (χ4v) is 4.35. The van der Waals surface area contributed by atoms with Crippen molar-refractivity contribution in [2.75, 3.05) is 32.8 Å². The number of benzene rings is 1. The van der Waals surface area contributed by atoms with Gasteiger partial charge in [0.1, 0.15) is 5.75 Å². The van der Waals surface area contributed by atoms with Crippen LogP contribution in [-0.4, -0.2) is 66.7 Å². The molecule has 0 aromatic heterocycles. The highest BCUT2D eigenvalue weighted by Gasteiger charge is 2.32. The number of hydrogen-bond donors (Lipinski definition) is 0. The van der Waals surface area contributed by atoms with Crippen LogP contribution in [0.15, 0.2) is 24.3 Å². The summed E-state index contributed by atoms with van der Waals surface area (Å²) in [6, 6.07) is 8.37. The van der Waals surface area contributed by atoms with Crippen molar-refractivity contribution in [2.24, 2.45) is 0 Å². The average molecular weight is 375 g/mol. The molecule has 2 aliphatic heterocycles. The minimum Gasteiger partial charge on any atom is -0.493 e. The highest BCUT2D eigenvalue weighted by atomic mass is 16.5. The van der Waals surface area contributed by atoms with E-state index in [0.717, 1.165) is 56.8 Å². The second-order valence-electron chi connectivity index (χ2n) is 8.08. The first-order chi connectivity index (χ1) is 13.0. The van der Waals surface area contributed by atoms with E-state index < -0.39 is 0 Å². The van der Waals surface area contributed by atoms with Crippen LogP contribution in [0.3, 0.4) is 0 Å². The highest BCUT2D eigenvalue weighted by Crippen LogP contribution is 2.22. The van der Waals surface area contributed by atoms with Gasteiger partial charge in [-0.05, 0) is 51.7 Å². The maximum absolute atomic E-state index is 12.7. The highest BCUT2D eigenvalue weighted by molar-refractivity contribution is 5.76. The molecule has 2 fully saturated rings. The summed E-state index contributed by atoms with van der Waals surface area (Å²) in [6.45, 7) is 10.7. The second kappa shape index (κ2) is 9.56. The normalized spacial score (nSPS) is 26.3. The van der Waals surface area contributed by atoms with Crippen molar-refractivity contribution < 1.29 is 14.3 Å². The Morgan fingerprint density at radius 2 is 1.96 bits per heavy atom. The number of morpholine rings is 1. The molecule has 5 nitrogen and oxygen atoms in total. The largest absolute Gasteiger partial charge is 0.493 e. The van der Waals surface area contributed by atoms with Gasteiger partial charge in [0.05, 0.1) is 18.8 Å². The van der Waals surface area contributed by atoms with Gasteiger partial charge >= 0.3 is 0 Å². The summed E-state index contributed by atoms with van der Waals surface area (Å²) < 4.78 is 11.7. The lowest BCUT2D eigenvalue weighted by atomic mass is 10.1. The first-order valence-electron chi connectivity index (χ1n) is 10.4. The third-order valence-corrected chi connectivity index (χ3v) is 5.55. The van der Waals surface area contributed by atoms with E-state index in [1.807, 2.05) is 31.2 Å². The molecule has 1 amide bonds. The molecule has 2 aliphatic rings. The first-order valence-corrected chi connectivity index (χ1v) is 10.4. The molecule has 0 spiro atoms. The van der Waals surface area contributed by atoms with Crippen LogP contribution in [0.5, 0.6) is 5.75 Å². The van der Waals surface area contributed by atoms with Crippen LogP contribution in [0.4, 0.5) is 0 Å². The van der Waals surface area contributed by atoms with Gasteiger partial charge in [-0.2, -0.15) is 0 Å². The maximum Gasteiger partial charge on any atom is 0.222 e. The van der Waals surface area contributed by atoms with E-state index in [-0.39, 0.29) is 18.1 Å². The topological polar surface area (TPSA) is 42.0 Å². The van der Waals surface area contributed by atoms with Crippen molar-refractivity contribution in [1.29, 1.82) is 0 Å². The Morgan fingerprint density at radius 1 is 1.22 bits per heavy atom. The summed E-state index contributed by atoms with van der Waals surface area (Å²) in [7, 11) is 0. The molecule has 0 saturated carbocycles. The quantitative estimate of drug-likeness (QED) is 0.687. The Hall–Kier alpha value is -1.59. The molecule has 150 valence electrons. The number of likely N-dealkylation sites (tertiary alicyclic amines) is 1. The predicted molar refractivity (Wildman–Crippen MR) is 107 cm³/mol. The van der Waals surface area contributed by atoms with Crippen LogP contribution in [0, 0.1) is 6.92 Å². The van der Waals surface area contributed by atoms with E-state index in [2.05, 4.69) is 23.6 Å². The molecule has 3 rings (SSSR count). The molecule has 1 aromatic carbocycles. The van der Waals surface area contributed by atoms with Crippen molar-refractivity contribution >= 4 is 5.91 Å². The molecule has 0 aliphatic carbocycles. The van der Waals surface area contributed by atoms with Crippen molar-refractivity contribution in [1.82, 2.24) is 9.80 Å². The molecule has 2 heterocycles. The summed E-state index contributed by atoms with van der Waals surface area (Å²) in [4.78, 5) is 17.3. The van der Waals surface area contributed by atoms with Gasteiger partial charge in [-0.3, -0.25) is 9.69 Å². The standard InChI is InChI=1S/C22H34N2O3/c1-17-8-4-5-10-21(17)26-13-7-11-22(25)24-12-6-9-20(24)16-23-14-18(2)27-19(3)15-23/h4-5,8,10,18-20H,6-7,9,11-16H2,1-3H3. The predicted octanol–water partition coefficient (Wildman–Crippen LogP) is 3.25. The molecule has 3 unspecified atom stereocenters. The summed E-state index contributed by atoms with van der Waals surface area (Å²) >= 11 is 0. The zero-order valence-corrected chi connectivity index (χ0v) is 17.0. The van der Waals surface area contributed by atoms with Crippen molar-refractivity contribution in [3.05, 3.63) is 29.8 Å². The molecule has 5 heteroatoms. The smallest absolute Gasteiger partial charge is 0.222 e. The number of hydrogen-bond acceptors (Lipinski definition) is 4. The zero-order valence-electron chi connectivity index (χ0n) is 17.0. The van der Waals surface area contributed by atoms with Crippen LogP contribution in [0.25, 0.3) is 0 Å². The molecule has 1 aromatic rings. The van der Waals surface area contributed by atoms with E-state index in [1.54, 1.807) is 0 Å². The van der Waals surface area contributed by atoms with Crippen LogP contribution >= 0.6 is 0 Å². The van der Waals surface area contributed by atoms with Crippen LogP contribution in [0.2, 0.25) is 0 Å². The molecular weight excluding hydrogens is 340 g/mol. The first kappa shape index (κ1) is 20.2. The summed E-state index contributed by atoms with van der Waals surface area (Å²) in [5, 5.41) is 0. The fourth-order valence-electron chi connectivity index (χ4n) is 4.35. The van der Waals surface area contributed by atoms with Gasteiger partial charge in [0.15, 0.2) is 0 Å². The Bertz CT molecular complexity index is 611. The molecule has 2 saturated heterocycles. The Morgan fingerprint density at radius 3 is 2.70 bits per heavy atom. The lowest BCUT2D eigenvalue weighted by molar-refractivity contribution is -0.133. The number of carbonyl (C=O) groups is 1. The average Bonchev–Trinajstić information content (AvgIpc) is 3.07. The van der Waals surface area contributed by atoms with Gasteiger partial charge in [0.2, 0.25) is 5.91 Å². The minimum atomic E-state index is 0.276. The minimum absolute atomic E-state index is 0.276. The zero-order chi connectivity index (χ0) is 19.2. The van der Waals surface area contributed by atoms with Gasteiger partial charge in [0, 0.05) is 38.6 Å². The van der Waals surface area contributed by atoms with Gasteiger partial charge in [-0.25, -0.2) is 0 Å². The van der Waals surface area contributed by atoms with Gasteiger partial charge < -0.3 is 14.4 Å². The molecule has 27 heavy (non-hydrogen) atoms. The molecule has 3 atom stereocenters. The lowest BCUT2D eigenvalue weighted by Crippen LogP contribution is -2.50. The van der Waals surface area contributed by atoms with Crippen molar-refractivity contribution in [3.8, 4) is 5.75 Å². The molecule has 0 bridgehead atoms. The van der Waals surface area contributed by atoms with E-state index >= 15 is 0 Å². The third-order valence-electron chi connectivity index (χ3n) is 5.55. The Labute approximate surface area is 163 Å². The number of ether oxygens (including phenoxy) is 2. The van der Waals surface area contributed by atoms with E-state index in [0.29, 0.717) is 19.1 Å². The Kier molecular flexibility index (Phi) is 7.13. The van der Waals surface area contributed by atoms with E-state index in [4.69, 9.17) is 9.47 Å². The van der Waals surface area contributed by atoms with E-state index in [1.165, 1.54) is 0 Å². The second-order valence-corrected chi connectivity index (χ2v) is 8.08. The number of amides is 1. The maximum atomic E-state index is 12.7. The number of carbonyl (C=O) groups excluding carboxylic acids is 1. The van der Waals surface area contributed by atoms with Crippen molar-refractivity contribution in [3.63, 3.8) is 0 Å². The van der Waals surface area contributed by atoms with Crippen molar-refractivity contribution in [2.45, 2.75) is 64.7 Å². The summed E-state index contributed by atoms with van der Waals surface area (Å²) in [6.07, 6.45) is 4.12. The van der Waals surface area contributed by atoms with Gasteiger partial charge in [-0.15, -0.1) is 0 Å². The third kappa shape index (κ3) is 5.69. The lowest BCUT2D eigenvalue weighted by Gasteiger charge is -2.38. The van der Waals surface area contributed by atoms with Crippen LogP contribution in [-0.2, 0) is 9.53 Å². The molecule has 0 radical (unpaired) electrons.